The van der Waals surface area contributed by atoms with Gasteiger partial charge in [0.2, 0.25) is 0 Å². The number of rotatable bonds is 2. The van der Waals surface area contributed by atoms with Crippen LogP contribution < -0.4 is 4.90 Å². The van der Waals surface area contributed by atoms with E-state index < -0.39 is 0 Å². The van der Waals surface area contributed by atoms with Gasteiger partial charge in [-0.1, -0.05) is 39.8 Å². The Balaban J connectivity index is 1.86. The number of fused-ring (bicyclic) bond motifs is 5. The monoisotopic (exact) mass is 386 g/mol. The molecule has 1 saturated carbocycles. The van der Waals surface area contributed by atoms with Crippen LogP contribution in [0.25, 0.3) is 16.7 Å². The first-order chi connectivity index (χ1) is 13.8. The molecule has 1 saturated heterocycles. The van der Waals surface area contributed by atoms with E-state index in [4.69, 9.17) is 4.98 Å². The summed E-state index contributed by atoms with van der Waals surface area (Å²) in [5.74, 6) is 1.28. The summed E-state index contributed by atoms with van der Waals surface area (Å²) in [5, 5.41) is 9.96. The molecule has 3 aromatic rings. The molecular weight excluding hydrogens is 356 g/mol. The zero-order valence-corrected chi connectivity index (χ0v) is 18.2. The van der Waals surface area contributed by atoms with Gasteiger partial charge in [0.25, 0.3) is 0 Å². The third-order valence-electron chi connectivity index (χ3n) is 7.25. The highest BCUT2D eigenvalue weighted by Gasteiger charge is 2.50. The lowest BCUT2D eigenvalue weighted by Crippen LogP contribution is -2.35. The van der Waals surface area contributed by atoms with E-state index in [9.17, 15) is 5.26 Å². The van der Waals surface area contributed by atoms with Crippen molar-refractivity contribution in [1.29, 1.82) is 5.26 Å². The zero-order chi connectivity index (χ0) is 20.6. The lowest BCUT2D eigenvalue weighted by atomic mass is 9.65. The van der Waals surface area contributed by atoms with Crippen molar-refractivity contribution >= 4 is 22.5 Å². The Morgan fingerprint density at radius 1 is 1.21 bits per heavy atom. The molecule has 2 aliphatic rings. The summed E-state index contributed by atoms with van der Waals surface area (Å²) in [7, 11) is 0. The zero-order valence-electron chi connectivity index (χ0n) is 18.2. The van der Waals surface area contributed by atoms with Gasteiger partial charge in [0.15, 0.2) is 5.65 Å². The highest BCUT2D eigenvalue weighted by Crippen LogP contribution is 2.54. The average molecular weight is 387 g/mol. The van der Waals surface area contributed by atoms with Crippen molar-refractivity contribution in [3.8, 4) is 6.07 Å². The Bertz CT molecular complexity index is 1180. The van der Waals surface area contributed by atoms with Crippen LogP contribution in [0.2, 0.25) is 0 Å². The Kier molecular flexibility index (Phi) is 3.81. The van der Waals surface area contributed by atoms with Crippen molar-refractivity contribution < 1.29 is 0 Å². The average Bonchev–Trinajstić information content (AvgIpc) is 3.14. The van der Waals surface area contributed by atoms with Crippen LogP contribution in [0.5, 0.6) is 0 Å². The van der Waals surface area contributed by atoms with Crippen LogP contribution in [0.3, 0.4) is 0 Å². The van der Waals surface area contributed by atoms with Crippen molar-refractivity contribution in [1.82, 2.24) is 9.38 Å². The van der Waals surface area contributed by atoms with E-state index in [0.29, 0.717) is 16.9 Å². The number of hydrogen-bond donors (Lipinski definition) is 0. The standard InChI is InChI=1S/C25H30N4/c1-6-18-16(2)19(13-26)22-27-20-9-7-8-10-21(20)29(22)23(18)28-15-25(5)12-17(28)11-24(3,4)14-25/h7-10,17H,6,11-12,14-15H2,1-5H3. The molecule has 2 bridgehead atoms. The number of hydrogen-bond acceptors (Lipinski definition) is 3. The van der Waals surface area contributed by atoms with Gasteiger partial charge in [0, 0.05) is 12.6 Å². The van der Waals surface area contributed by atoms with E-state index in [0.717, 1.165) is 40.8 Å². The molecule has 150 valence electrons. The second-order valence-electron chi connectivity index (χ2n) is 10.4. The minimum Gasteiger partial charge on any atom is -0.354 e. The van der Waals surface area contributed by atoms with Crippen molar-refractivity contribution in [3.63, 3.8) is 0 Å². The summed E-state index contributed by atoms with van der Waals surface area (Å²) in [6.45, 7) is 12.7. The van der Waals surface area contributed by atoms with Gasteiger partial charge in [-0.05, 0) is 66.7 Å². The second-order valence-corrected chi connectivity index (χ2v) is 10.4. The van der Waals surface area contributed by atoms with Gasteiger partial charge in [-0.25, -0.2) is 4.98 Å². The molecule has 2 unspecified atom stereocenters. The molecule has 4 nitrogen and oxygen atoms in total. The van der Waals surface area contributed by atoms with E-state index in [1.165, 1.54) is 30.6 Å². The van der Waals surface area contributed by atoms with Crippen LogP contribution >= 0.6 is 0 Å². The molecule has 1 aromatic carbocycles. The number of anilines is 1. The summed E-state index contributed by atoms with van der Waals surface area (Å²) in [6, 6.07) is 11.3. The normalized spacial score (nSPS) is 25.7. The molecule has 0 amide bonds. The molecular formula is C25H30N4. The Morgan fingerprint density at radius 2 is 1.97 bits per heavy atom. The molecule has 0 spiro atoms. The van der Waals surface area contributed by atoms with Gasteiger partial charge in [0.1, 0.15) is 11.9 Å². The number of para-hydroxylation sites is 2. The Labute approximate surface area is 173 Å². The molecule has 1 aliphatic heterocycles. The molecule has 0 N–H and O–H groups in total. The number of nitriles is 1. The van der Waals surface area contributed by atoms with E-state index >= 15 is 0 Å². The fourth-order valence-corrected chi connectivity index (χ4v) is 6.60. The van der Waals surface area contributed by atoms with Gasteiger partial charge in [-0.2, -0.15) is 5.26 Å². The first kappa shape index (κ1) is 18.5. The van der Waals surface area contributed by atoms with Gasteiger partial charge in [0.05, 0.1) is 16.6 Å². The van der Waals surface area contributed by atoms with Gasteiger partial charge >= 0.3 is 0 Å². The summed E-state index contributed by atoms with van der Waals surface area (Å²) < 4.78 is 2.29. The quantitative estimate of drug-likeness (QED) is 0.573. The highest BCUT2D eigenvalue weighted by atomic mass is 15.3. The summed E-state index contributed by atoms with van der Waals surface area (Å²) in [4.78, 5) is 7.57. The molecule has 1 aliphatic carbocycles. The van der Waals surface area contributed by atoms with Crippen molar-refractivity contribution in [2.75, 3.05) is 11.4 Å². The number of benzene rings is 1. The fraction of sp³-hybridized carbons (Fsp3) is 0.520. The Morgan fingerprint density at radius 3 is 2.69 bits per heavy atom. The van der Waals surface area contributed by atoms with Crippen LogP contribution in [-0.2, 0) is 6.42 Å². The number of nitrogens with zero attached hydrogens (tertiary/aromatic N) is 4. The van der Waals surface area contributed by atoms with Gasteiger partial charge in [-0.3, -0.25) is 4.40 Å². The molecule has 4 heteroatoms. The maximum atomic E-state index is 9.96. The van der Waals surface area contributed by atoms with E-state index in [1.54, 1.807) is 0 Å². The van der Waals surface area contributed by atoms with E-state index in [1.807, 2.05) is 6.07 Å². The van der Waals surface area contributed by atoms with Crippen LogP contribution in [0, 0.1) is 29.1 Å². The molecule has 2 aromatic heterocycles. The number of aromatic nitrogens is 2. The summed E-state index contributed by atoms with van der Waals surface area (Å²) in [6.07, 6.45) is 4.67. The van der Waals surface area contributed by atoms with Crippen molar-refractivity contribution in [3.05, 3.63) is 41.0 Å². The molecule has 2 fully saturated rings. The second kappa shape index (κ2) is 5.98. The molecule has 5 rings (SSSR count). The predicted octanol–water partition coefficient (Wildman–Crippen LogP) is 5.64. The molecule has 3 heterocycles. The predicted molar refractivity (Wildman–Crippen MR) is 118 cm³/mol. The van der Waals surface area contributed by atoms with Gasteiger partial charge in [-0.15, -0.1) is 0 Å². The highest BCUT2D eigenvalue weighted by molar-refractivity contribution is 5.86. The number of imidazole rings is 1. The minimum absolute atomic E-state index is 0.349. The largest absolute Gasteiger partial charge is 0.354 e. The SMILES string of the molecule is CCc1c(C)c(C#N)c2nc3ccccc3n2c1N1CC2(C)CC1CC(C)(C)C2. The first-order valence-electron chi connectivity index (χ1n) is 10.9. The maximum Gasteiger partial charge on any atom is 0.157 e. The van der Waals surface area contributed by atoms with E-state index in [-0.39, 0.29) is 0 Å². The summed E-state index contributed by atoms with van der Waals surface area (Å²) in [5.41, 5.74) is 6.71. The van der Waals surface area contributed by atoms with Crippen LogP contribution in [0.4, 0.5) is 5.82 Å². The van der Waals surface area contributed by atoms with Crippen LogP contribution in [0.15, 0.2) is 24.3 Å². The Hall–Kier alpha value is -2.54. The topological polar surface area (TPSA) is 44.3 Å². The maximum absolute atomic E-state index is 9.96. The minimum atomic E-state index is 0.349. The smallest absolute Gasteiger partial charge is 0.157 e. The number of pyridine rings is 1. The fourth-order valence-electron chi connectivity index (χ4n) is 6.60. The molecule has 2 atom stereocenters. The molecule has 0 radical (unpaired) electrons. The van der Waals surface area contributed by atoms with Crippen LogP contribution in [0.1, 0.15) is 63.6 Å². The van der Waals surface area contributed by atoms with E-state index in [2.05, 4.69) is 68.2 Å². The summed E-state index contributed by atoms with van der Waals surface area (Å²) >= 11 is 0. The van der Waals surface area contributed by atoms with Gasteiger partial charge < -0.3 is 4.90 Å². The van der Waals surface area contributed by atoms with Crippen molar-refractivity contribution in [2.45, 2.75) is 66.3 Å². The third-order valence-corrected chi connectivity index (χ3v) is 7.25. The lowest BCUT2D eigenvalue weighted by molar-refractivity contribution is 0.136. The first-order valence-corrected chi connectivity index (χ1v) is 10.9. The van der Waals surface area contributed by atoms with Crippen molar-refractivity contribution in [2.24, 2.45) is 10.8 Å². The lowest BCUT2D eigenvalue weighted by Gasteiger charge is -2.39. The molecule has 29 heavy (non-hydrogen) atoms. The van der Waals surface area contributed by atoms with Crippen LogP contribution in [-0.4, -0.2) is 22.0 Å². The third kappa shape index (κ3) is 2.60.